The number of esters is 2. The van der Waals surface area contributed by atoms with Crippen LogP contribution in [0, 0.1) is 0 Å². The van der Waals surface area contributed by atoms with E-state index in [9.17, 15) is 47.9 Å². The van der Waals surface area contributed by atoms with Crippen molar-refractivity contribution < 1.29 is 76.4 Å². The zero-order chi connectivity index (χ0) is 74.7. The Morgan fingerprint density at radius 1 is 0.510 bits per heavy atom. The van der Waals surface area contributed by atoms with Crippen molar-refractivity contribution in [1.82, 2.24) is 21.3 Å². The predicted molar refractivity (Wildman–Crippen MR) is 393 cm³/mol. The van der Waals surface area contributed by atoms with Crippen LogP contribution in [0.1, 0.15) is 133 Å². The van der Waals surface area contributed by atoms with Crippen LogP contribution in [0.3, 0.4) is 0 Å². The molecular weight excluding hydrogens is 1380 g/mol. The average molecular weight is 1470 g/mol. The quantitative estimate of drug-likeness (QED) is 0.0125. The van der Waals surface area contributed by atoms with E-state index in [1.54, 1.807) is 59.6 Å². The Morgan fingerprint density at radius 2 is 0.952 bits per heavy atom. The third kappa shape index (κ3) is 19.9. The lowest BCUT2D eigenvalue weighted by atomic mass is 10.1. The number of anilines is 5. The highest BCUT2D eigenvalue weighted by atomic mass is 35.5. The predicted octanol–water partition coefficient (Wildman–Crippen LogP) is 9.67. The molecule has 28 heteroatoms. The van der Waals surface area contributed by atoms with Crippen molar-refractivity contribution in [3.63, 3.8) is 0 Å². The van der Waals surface area contributed by atoms with E-state index < -0.39 is 47.8 Å². The minimum Gasteiger partial charge on any atom is -0.493 e. The van der Waals surface area contributed by atoms with E-state index in [2.05, 4.69) is 57.8 Å². The number of alkyl halides is 2. The van der Waals surface area contributed by atoms with E-state index in [0.717, 1.165) is 40.0 Å². The number of nitrogens with zero attached hydrogens (tertiary/aromatic N) is 3. The number of benzene rings is 6. The minimum absolute atomic E-state index is 0.0127. The molecule has 26 nitrogen and oxygen atoms in total. The van der Waals surface area contributed by atoms with Crippen molar-refractivity contribution in [3.05, 3.63) is 154 Å². The highest BCUT2D eigenvalue weighted by Gasteiger charge is 2.39. The lowest BCUT2D eigenvalue weighted by molar-refractivity contribution is -0.141. The summed E-state index contributed by atoms with van der Waals surface area (Å²) < 4.78 is 32.8. The smallest absolute Gasteiger partial charge is 0.305 e. The number of para-hydroxylation sites is 2. The topological polar surface area (TPSA) is 329 Å². The summed E-state index contributed by atoms with van der Waals surface area (Å²) in [6.45, 7) is 6.87. The van der Waals surface area contributed by atoms with E-state index in [-0.39, 0.29) is 98.3 Å². The van der Waals surface area contributed by atoms with E-state index in [0.29, 0.717) is 107 Å². The van der Waals surface area contributed by atoms with Gasteiger partial charge < -0.3 is 70.5 Å². The Bertz CT molecular complexity index is 4250. The molecule has 6 atom stereocenters. The molecule has 10 rings (SSSR count). The monoisotopic (exact) mass is 1460 g/mol. The largest absolute Gasteiger partial charge is 0.493 e. The Balaban J connectivity index is 0.000000241. The second-order valence-electron chi connectivity index (χ2n) is 25.5. The van der Waals surface area contributed by atoms with Gasteiger partial charge in [0.1, 0.15) is 37.4 Å². The summed E-state index contributed by atoms with van der Waals surface area (Å²) in [5, 5.41) is 19.5. The van der Waals surface area contributed by atoms with E-state index >= 15 is 0 Å². The number of carbonyl (C=O) groups is 10. The molecular formula is C76H86Cl2N10O16. The molecule has 0 saturated heterocycles. The van der Waals surface area contributed by atoms with Gasteiger partial charge in [0, 0.05) is 91.5 Å². The second kappa shape index (κ2) is 36.4. The highest BCUT2D eigenvalue weighted by Crippen LogP contribution is 2.43. The van der Waals surface area contributed by atoms with Gasteiger partial charge in [-0.05, 0) is 142 Å². The Kier molecular flexibility index (Phi) is 27.1. The fraction of sp³-hybridized carbons (Fsp3) is 0.382. The molecule has 0 fully saturated rings. The molecule has 4 aliphatic rings. The number of nitrogens with one attached hydrogen (secondary N) is 7. The molecule has 0 spiro atoms. The normalized spacial score (nSPS) is 15.4. The third-order valence-corrected chi connectivity index (χ3v) is 18.4. The molecule has 8 amide bonds. The fourth-order valence-electron chi connectivity index (χ4n) is 12.3. The van der Waals surface area contributed by atoms with Crippen molar-refractivity contribution in [1.29, 1.82) is 0 Å². The van der Waals surface area contributed by atoms with Gasteiger partial charge in [0.05, 0.1) is 63.0 Å². The number of hydrogen-bond donors (Lipinski definition) is 7. The lowest BCUT2D eigenvalue weighted by Gasteiger charge is -2.22. The van der Waals surface area contributed by atoms with Crippen LogP contribution in [0.15, 0.2) is 114 Å². The summed E-state index contributed by atoms with van der Waals surface area (Å²) in [6, 6.07) is 29.4. The third-order valence-electron chi connectivity index (χ3n) is 17.8. The van der Waals surface area contributed by atoms with Crippen LogP contribution in [0.5, 0.6) is 23.0 Å². The van der Waals surface area contributed by atoms with E-state index in [1.807, 2.05) is 59.5 Å². The number of ether oxygens (including phenoxy) is 6. The van der Waals surface area contributed by atoms with Gasteiger partial charge >= 0.3 is 11.9 Å². The molecule has 7 N–H and O–H groups in total. The van der Waals surface area contributed by atoms with Crippen LogP contribution in [0.2, 0.25) is 0 Å². The number of rotatable bonds is 30. The summed E-state index contributed by atoms with van der Waals surface area (Å²) >= 11 is 12.4. The number of methoxy groups -OCH3 is 4. The van der Waals surface area contributed by atoms with E-state index in [1.165, 1.54) is 56.1 Å². The molecule has 6 aromatic rings. The molecule has 0 bridgehead atoms. The number of hydrogen-bond acceptors (Lipinski definition) is 18. The van der Waals surface area contributed by atoms with Crippen LogP contribution in [-0.2, 0) is 85.6 Å². The molecule has 4 aliphatic heterocycles. The van der Waals surface area contributed by atoms with Gasteiger partial charge in [0.25, 0.3) is 11.8 Å². The summed E-state index contributed by atoms with van der Waals surface area (Å²) in [6.07, 6.45) is 5.89. The zero-order valence-electron chi connectivity index (χ0n) is 59.2. The van der Waals surface area contributed by atoms with Crippen LogP contribution < -0.4 is 66.0 Å². The number of amides is 8. The van der Waals surface area contributed by atoms with Crippen molar-refractivity contribution in [2.75, 3.05) is 60.7 Å². The summed E-state index contributed by atoms with van der Waals surface area (Å²) in [7, 11) is 5.63. The van der Waals surface area contributed by atoms with Crippen molar-refractivity contribution in [2.24, 2.45) is 4.99 Å². The molecule has 4 heterocycles. The van der Waals surface area contributed by atoms with Crippen LogP contribution in [0.4, 0.5) is 34.1 Å². The SMILES string of the molecule is COC(=O)CCCCC(=O)N[C@@H](C)C(=O)N[C@@H](C)C(=O)Nc1cc(CCl)cc(COc2cc3c(cc2OC)C(=O)N2c4ccccc4C[C@H]2C=N3)c1.COC(=O)CCCCC(=O)N[C@@H](C)C(=O)N[C@@H](C)C(=O)Nc1cc(CCl)cc(COc2cc3c(cc2OC)C(=O)N2c4ccccc4C[C@H]2CN3)c1. The molecule has 104 heavy (non-hydrogen) atoms. The first kappa shape index (κ1) is 77.4. The first-order valence-electron chi connectivity index (χ1n) is 34.1. The van der Waals surface area contributed by atoms with Gasteiger partial charge in [0.15, 0.2) is 23.0 Å². The van der Waals surface area contributed by atoms with Gasteiger partial charge in [-0.25, -0.2) is 0 Å². The van der Waals surface area contributed by atoms with Crippen LogP contribution in [-0.4, -0.2) is 137 Å². The molecule has 6 aromatic carbocycles. The summed E-state index contributed by atoms with van der Waals surface area (Å²) in [5.74, 6) is -1.71. The number of halogens is 2. The molecule has 0 saturated carbocycles. The van der Waals surface area contributed by atoms with Gasteiger partial charge in [-0.3, -0.25) is 57.8 Å². The maximum Gasteiger partial charge on any atom is 0.305 e. The standard InChI is InChI=1S/C38H44ClN5O8.C38H42ClN5O8/c2*1-22(41-34(45)11-7-8-12-35(46)51-4)36(47)42-23(2)37(48)43-27-14-24(19-39)13-25(15-27)21-52-33-18-30-29(17-32(33)50-3)38(49)44-28(20-40-30)16-26-9-5-6-10-31(26)44/h5-6,9-10,13-15,17-18,22-23,28,40H,7-8,11-12,16,19-21H2,1-4H3,(H,41,45)(H,42,47)(H,43,48);5-6,9-10,13-15,17-18,20,22-23,28H,7-8,11-12,16,19,21H2,1-4H3,(H,41,45)(H,42,47)(H,43,48)/t2*22-,23-,28-/m00/s1. The first-order chi connectivity index (χ1) is 50.0. The number of fused-ring (bicyclic) bond motifs is 8. The lowest BCUT2D eigenvalue weighted by Crippen LogP contribution is -2.50. The fourth-order valence-corrected chi connectivity index (χ4v) is 12.6. The van der Waals surface area contributed by atoms with Crippen molar-refractivity contribution in [2.45, 2.75) is 153 Å². The zero-order valence-corrected chi connectivity index (χ0v) is 60.7. The first-order valence-corrected chi connectivity index (χ1v) is 35.2. The van der Waals surface area contributed by atoms with Gasteiger partial charge in [-0.1, -0.05) is 48.5 Å². The Morgan fingerprint density at radius 3 is 1.45 bits per heavy atom. The molecule has 0 aromatic heterocycles. The molecule has 0 radical (unpaired) electrons. The second-order valence-corrected chi connectivity index (χ2v) is 26.0. The van der Waals surface area contributed by atoms with Gasteiger partial charge in [-0.15, -0.1) is 23.2 Å². The average Bonchev–Trinajstić information content (AvgIpc) is 1.60. The highest BCUT2D eigenvalue weighted by molar-refractivity contribution is 6.18. The molecule has 0 aliphatic carbocycles. The molecule has 550 valence electrons. The van der Waals surface area contributed by atoms with Crippen molar-refractivity contribution >= 4 is 123 Å². The maximum absolute atomic E-state index is 13.8. The maximum atomic E-state index is 13.8. The van der Waals surface area contributed by atoms with Crippen LogP contribution in [0.25, 0.3) is 0 Å². The number of aliphatic imine (C=N–C) groups is 1. The Hall–Kier alpha value is -10.7. The van der Waals surface area contributed by atoms with E-state index in [4.69, 9.17) is 42.1 Å². The molecule has 0 unspecified atom stereocenters. The number of carbonyl (C=O) groups excluding carboxylic acids is 10. The van der Waals surface area contributed by atoms with Gasteiger partial charge in [-0.2, -0.15) is 0 Å². The summed E-state index contributed by atoms with van der Waals surface area (Å²) in [4.78, 5) is 134. The number of unbranched alkanes of at least 4 members (excludes halogenated alkanes) is 2. The minimum atomic E-state index is -0.928. The Labute approximate surface area is 612 Å². The van der Waals surface area contributed by atoms with Crippen LogP contribution >= 0.6 is 23.2 Å². The van der Waals surface area contributed by atoms with Crippen molar-refractivity contribution in [3.8, 4) is 23.0 Å². The van der Waals surface area contributed by atoms with Gasteiger partial charge in [0.2, 0.25) is 35.4 Å². The summed E-state index contributed by atoms with van der Waals surface area (Å²) in [5.41, 5.74) is 9.81.